The maximum atomic E-state index is 13.6. The molecule has 0 saturated heterocycles. The Hall–Kier alpha value is -19.7. The summed E-state index contributed by atoms with van der Waals surface area (Å²) in [6, 6.07) is 47.9. The molecule has 0 aliphatic carbocycles. The van der Waals surface area contributed by atoms with Gasteiger partial charge in [0.1, 0.15) is 98.9 Å². The van der Waals surface area contributed by atoms with Crippen molar-refractivity contribution in [1.29, 1.82) is 0 Å². The van der Waals surface area contributed by atoms with Crippen LogP contribution in [0.25, 0.3) is 22.3 Å². The lowest BCUT2D eigenvalue weighted by Crippen LogP contribution is -2.30. The van der Waals surface area contributed by atoms with Gasteiger partial charge in [-0.1, -0.05) is 168 Å². The molecule has 9 aromatic carbocycles. The first-order chi connectivity index (χ1) is 70.5. The SMILES string of the molecule is C=CCOc1cc(-c2ccc(N3C(=O)C=CC3=O)c(OCC=C)c2)ccc1N1C(=O)C=CC1=O.C=CCOc1cc(C(c2ccccc2)c2ccc(N3C(=O)C=CC3=O)c(OCC=C)c2)ccc1N1C(=O)C=CC1=O.C=CCOc1ccc(-c2ccc(OCC=C)c(N3C(=O)C=CC3=O)c2)cc1N1C(=O)C=CC1=O.C=CCOc1ccc(S(=O)(=O)c2ccc(OCC=C)c(N3C(=O)C=CC3=O)c2)cc1N1C(=O)C=CC1=O. The van der Waals surface area contributed by atoms with Crippen molar-refractivity contribution in [2.45, 2.75) is 15.7 Å². The summed E-state index contributed by atoms with van der Waals surface area (Å²) in [5, 5.41) is 0. The molecule has 0 aromatic heterocycles. The number of imide groups is 8. The maximum Gasteiger partial charge on any atom is 0.258 e. The molecule has 0 atom stereocenters. The van der Waals surface area contributed by atoms with Crippen molar-refractivity contribution in [3.8, 4) is 68.2 Å². The Morgan fingerprint density at radius 1 is 0.199 bits per heavy atom. The predicted octanol–water partition coefficient (Wildman–Crippen LogP) is 14.0. The van der Waals surface area contributed by atoms with Crippen LogP contribution < -0.4 is 77.1 Å². The Kier molecular flexibility index (Phi) is 32.1. The second-order valence-corrected chi connectivity index (χ2v) is 33.3. The normalized spacial score (nSPS) is 14.7. The molecule has 0 spiro atoms. The summed E-state index contributed by atoms with van der Waals surface area (Å²) in [5.74, 6) is -6.42. The summed E-state index contributed by atoms with van der Waals surface area (Å²) in [7, 11) is -4.28. The maximum absolute atomic E-state index is 13.6. The quantitative estimate of drug-likeness (QED) is 0.0196. The van der Waals surface area contributed by atoms with Crippen LogP contribution in [0.5, 0.6) is 46.0 Å². The number of ether oxygens (including phenoxy) is 8. The van der Waals surface area contributed by atoms with Gasteiger partial charge in [0.05, 0.1) is 55.3 Å². The summed E-state index contributed by atoms with van der Waals surface area (Å²) < 4.78 is 73.0. The van der Waals surface area contributed by atoms with Crippen LogP contribution in [0, 0.1) is 0 Å². The molecule has 17 rings (SSSR count). The number of anilines is 8. The molecule has 732 valence electrons. The van der Waals surface area contributed by atoms with Gasteiger partial charge in [-0.3, -0.25) is 76.7 Å². The third-order valence-electron chi connectivity index (χ3n) is 22.0. The van der Waals surface area contributed by atoms with Gasteiger partial charge in [-0.25, -0.2) is 47.6 Å². The zero-order valence-electron chi connectivity index (χ0n) is 77.6. The molecule has 8 aliphatic heterocycles. The van der Waals surface area contributed by atoms with Crippen molar-refractivity contribution in [3.63, 3.8) is 0 Å². The van der Waals surface area contributed by atoms with Gasteiger partial charge in [0.15, 0.2) is 0 Å². The molecular formula is C111H86N8O26S. The number of rotatable bonds is 39. The summed E-state index contributed by atoms with van der Waals surface area (Å²) in [6.45, 7) is 30.2. The molecule has 0 N–H and O–H groups in total. The number of hydrogen-bond donors (Lipinski definition) is 0. The molecule has 8 heterocycles. The van der Waals surface area contributed by atoms with Crippen LogP contribution in [0.2, 0.25) is 0 Å². The number of amides is 16. The van der Waals surface area contributed by atoms with E-state index in [0.717, 1.165) is 92.3 Å². The van der Waals surface area contributed by atoms with Gasteiger partial charge in [0, 0.05) is 103 Å². The van der Waals surface area contributed by atoms with Crippen molar-refractivity contribution < 1.29 is 123 Å². The van der Waals surface area contributed by atoms with Crippen LogP contribution in [-0.4, -0.2) is 156 Å². The molecule has 0 unspecified atom stereocenters. The third-order valence-corrected chi connectivity index (χ3v) is 23.8. The fourth-order valence-corrected chi connectivity index (χ4v) is 16.9. The van der Waals surface area contributed by atoms with Gasteiger partial charge in [-0.2, -0.15) is 0 Å². The van der Waals surface area contributed by atoms with Crippen molar-refractivity contribution in [2.24, 2.45) is 0 Å². The predicted molar refractivity (Wildman–Crippen MR) is 541 cm³/mol. The molecule has 8 aliphatic rings. The van der Waals surface area contributed by atoms with E-state index in [2.05, 4.69) is 52.6 Å². The number of sulfone groups is 1. The van der Waals surface area contributed by atoms with Crippen molar-refractivity contribution in [3.05, 3.63) is 391 Å². The van der Waals surface area contributed by atoms with E-state index in [1.165, 1.54) is 109 Å². The smallest absolute Gasteiger partial charge is 0.258 e. The summed E-state index contributed by atoms with van der Waals surface area (Å²) in [6.07, 6.45) is 31.0. The first-order valence-electron chi connectivity index (χ1n) is 44.3. The molecule has 34 nitrogen and oxygen atoms in total. The molecule has 9 aromatic rings. The fourth-order valence-electron chi connectivity index (χ4n) is 15.6. The van der Waals surface area contributed by atoms with Crippen LogP contribution in [0.3, 0.4) is 0 Å². The molecule has 35 heteroatoms. The zero-order valence-corrected chi connectivity index (χ0v) is 78.4. The molecule has 16 amide bonds. The first-order valence-corrected chi connectivity index (χ1v) is 45.8. The van der Waals surface area contributed by atoms with Crippen LogP contribution in [0.4, 0.5) is 45.5 Å². The molecule has 146 heavy (non-hydrogen) atoms. The zero-order chi connectivity index (χ0) is 104. The highest BCUT2D eigenvalue weighted by atomic mass is 32.2. The van der Waals surface area contributed by atoms with Gasteiger partial charge in [-0.15, -0.1) is 0 Å². The van der Waals surface area contributed by atoms with E-state index in [1.807, 2.05) is 42.5 Å². The van der Waals surface area contributed by atoms with E-state index < -0.39 is 104 Å². The van der Waals surface area contributed by atoms with E-state index in [9.17, 15) is 85.1 Å². The number of carbonyl (C=O) groups is 16. The summed E-state index contributed by atoms with van der Waals surface area (Å²) >= 11 is 0. The molecule has 0 saturated carbocycles. The first kappa shape index (κ1) is 102. The largest absolute Gasteiger partial charge is 0.487 e. The lowest BCUT2D eigenvalue weighted by Gasteiger charge is -2.25. The van der Waals surface area contributed by atoms with E-state index in [-0.39, 0.29) is 103 Å². The number of carbonyl (C=O) groups excluding carboxylic acids is 16. The minimum absolute atomic E-state index is 0.0458. The van der Waals surface area contributed by atoms with E-state index in [0.29, 0.717) is 79.5 Å². The average Bonchev–Trinajstić information content (AvgIpc) is 1.67. The minimum Gasteiger partial charge on any atom is -0.487 e. The Balaban J connectivity index is 0.000000154. The summed E-state index contributed by atoms with van der Waals surface area (Å²) in [5.41, 5.74) is 6.87. The van der Waals surface area contributed by atoms with Gasteiger partial charge < -0.3 is 37.9 Å². The Labute approximate surface area is 835 Å². The lowest BCUT2D eigenvalue weighted by atomic mass is 9.84. The van der Waals surface area contributed by atoms with Crippen LogP contribution in [0.15, 0.2) is 384 Å². The molecule has 0 fully saturated rings. The second kappa shape index (κ2) is 45.9. The van der Waals surface area contributed by atoms with Crippen molar-refractivity contribution >= 4 is 150 Å². The van der Waals surface area contributed by atoms with Crippen LogP contribution in [0.1, 0.15) is 22.6 Å². The number of nitrogens with zero attached hydrogens (tertiary/aromatic N) is 8. The Bertz CT molecular complexity index is 6910. The monoisotopic (exact) mass is 1980 g/mol. The van der Waals surface area contributed by atoms with Gasteiger partial charge in [0.25, 0.3) is 94.5 Å². The van der Waals surface area contributed by atoms with E-state index in [1.54, 1.807) is 134 Å². The highest BCUT2D eigenvalue weighted by Gasteiger charge is 2.39. The molecule has 0 bridgehead atoms. The molecule has 0 radical (unpaired) electrons. The van der Waals surface area contributed by atoms with Gasteiger partial charge >= 0.3 is 0 Å². The second-order valence-electron chi connectivity index (χ2n) is 31.3. The van der Waals surface area contributed by atoms with Gasteiger partial charge in [-0.05, 0) is 148 Å². The lowest BCUT2D eigenvalue weighted by molar-refractivity contribution is -0.121. The standard InChI is InChI=1S/C33H26N2O6.C26H20N2O8S.2C26H20N2O6/c1-3-18-40-27-20-23(10-12-25(27)34-29(36)14-15-30(34)37)33(22-8-6-5-7-9-22)24-11-13-26(28(21-24)41-19-4-2)35-31(38)16-17-32(35)39;1-3-13-35-21-7-5-17(15-19(21)27-23(29)9-10-24(27)30)37(33,34)18-6-8-22(36-14-4-2)20(16-18)28-25(31)11-12-26(28)32;1-3-13-33-21-7-5-17(15-19(21)27-23(29)9-10-24(27)30)18-6-8-22(34-14-4-2)20(16-18)28-25(31)11-12-26(28)32;1-3-13-33-21-15-17(5-7-19(21)27-23(29)9-10-24(27)30)18-6-8-20(22(16-18)34-14-4-2)28-25(31)11-12-26(28)32/h3-17,20-21,33H,1-2,18-19H2;3-12,15-16H,1-2,13-14H2;2*3-12,15-16H,1-2,13-14H2. The highest BCUT2D eigenvalue weighted by molar-refractivity contribution is 7.91. The molecular weight excluding hydrogens is 1890 g/mol. The average molecular weight is 1980 g/mol. The number of benzene rings is 9. The Morgan fingerprint density at radius 2 is 0.390 bits per heavy atom. The van der Waals surface area contributed by atoms with Crippen molar-refractivity contribution in [2.75, 3.05) is 92.1 Å². The summed E-state index contributed by atoms with van der Waals surface area (Å²) in [4.78, 5) is 204. The number of hydrogen-bond acceptors (Lipinski definition) is 26. The van der Waals surface area contributed by atoms with E-state index >= 15 is 0 Å². The van der Waals surface area contributed by atoms with Gasteiger partial charge in [0.2, 0.25) is 9.84 Å². The van der Waals surface area contributed by atoms with E-state index in [4.69, 9.17) is 37.9 Å². The topological polar surface area (TPSA) is 407 Å². The fraction of sp³-hybridized carbons (Fsp3) is 0.0811. The van der Waals surface area contributed by atoms with Crippen molar-refractivity contribution in [1.82, 2.24) is 0 Å². The third kappa shape index (κ3) is 22.1. The highest BCUT2D eigenvalue weighted by Crippen LogP contribution is 2.47. The van der Waals surface area contributed by atoms with Crippen LogP contribution >= 0.6 is 0 Å². The van der Waals surface area contributed by atoms with Crippen LogP contribution in [-0.2, 0) is 86.5 Å². The minimum atomic E-state index is -4.28. The Morgan fingerprint density at radius 3 is 0.630 bits per heavy atom.